The van der Waals surface area contributed by atoms with Crippen molar-refractivity contribution in [3.05, 3.63) is 24.2 Å². The molecular formula is C12H14N4O. The Kier molecular flexibility index (Phi) is 2.51. The highest BCUT2D eigenvalue weighted by molar-refractivity contribution is 5.57. The van der Waals surface area contributed by atoms with Crippen molar-refractivity contribution in [2.24, 2.45) is 5.92 Å². The molecule has 2 heterocycles. The van der Waals surface area contributed by atoms with E-state index in [2.05, 4.69) is 20.4 Å². The molecule has 0 radical (unpaired) electrons. The Balaban J connectivity index is 1.77. The molecule has 5 heteroatoms. The number of nitrogens with zero attached hydrogens (tertiary/aromatic N) is 3. The van der Waals surface area contributed by atoms with Crippen molar-refractivity contribution in [3.63, 3.8) is 0 Å². The van der Waals surface area contributed by atoms with Crippen LogP contribution in [0.4, 0.5) is 5.82 Å². The number of pyridine rings is 1. The van der Waals surface area contributed by atoms with Gasteiger partial charge in [-0.05, 0) is 37.8 Å². The molecule has 0 aliphatic heterocycles. The number of aryl methyl sites for hydroxylation is 1. The van der Waals surface area contributed by atoms with E-state index in [1.54, 1.807) is 13.1 Å². The van der Waals surface area contributed by atoms with Crippen LogP contribution in [0.2, 0.25) is 0 Å². The molecule has 2 aromatic rings. The fraction of sp³-hybridized carbons (Fsp3) is 0.417. The number of hydrogen-bond donors (Lipinski definition) is 1. The van der Waals surface area contributed by atoms with Crippen molar-refractivity contribution in [1.82, 2.24) is 15.1 Å². The lowest BCUT2D eigenvalue weighted by Crippen LogP contribution is -2.04. The van der Waals surface area contributed by atoms with Crippen molar-refractivity contribution < 1.29 is 4.52 Å². The number of rotatable bonds is 4. The van der Waals surface area contributed by atoms with E-state index in [-0.39, 0.29) is 0 Å². The van der Waals surface area contributed by atoms with E-state index in [9.17, 15) is 0 Å². The molecule has 0 saturated heterocycles. The molecule has 1 saturated carbocycles. The largest absolute Gasteiger partial charge is 0.370 e. The second-order valence-corrected chi connectivity index (χ2v) is 4.40. The van der Waals surface area contributed by atoms with Crippen LogP contribution in [0.15, 0.2) is 22.9 Å². The van der Waals surface area contributed by atoms with Crippen LogP contribution in [0.3, 0.4) is 0 Å². The van der Waals surface area contributed by atoms with Gasteiger partial charge in [0.15, 0.2) is 5.82 Å². The summed E-state index contributed by atoms with van der Waals surface area (Å²) in [7, 11) is 0. The zero-order valence-electron chi connectivity index (χ0n) is 9.68. The third-order valence-corrected chi connectivity index (χ3v) is 2.80. The van der Waals surface area contributed by atoms with Crippen LogP contribution in [-0.2, 0) is 0 Å². The first-order valence-corrected chi connectivity index (χ1v) is 5.82. The minimum absolute atomic E-state index is 0.541. The number of aromatic nitrogens is 3. The van der Waals surface area contributed by atoms with E-state index >= 15 is 0 Å². The zero-order chi connectivity index (χ0) is 11.7. The van der Waals surface area contributed by atoms with Gasteiger partial charge in [-0.1, -0.05) is 5.16 Å². The number of hydrogen-bond acceptors (Lipinski definition) is 5. The highest BCUT2D eigenvalue weighted by atomic mass is 16.5. The summed E-state index contributed by atoms with van der Waals surface area (Å²) in [5.41, 5.74) is 0.902. The van der Waals surface area contributed by atoms with Crippen molar-refractivity contribution in [2.45, 2.75) is 19.8 Å². The summed E-state index contributed by atoms with van der Waals surface area (Å²) in [6, 6.07) is 3.81. The summed E-state index contributed by atoms with van der Waals surface area (Å²) in [4.78, 5) is 8.47. The fourth-order valence-electron chi connectivity index (χ4n) is 1.65. The van der Waals surface area contributed by atoms with Gasteiger partial charge >= 0.3 is 0 Å². The van der Waals surface area contributed by atoms with Crippen molar-refractivity contribution in [2.75, 3.05) is 11.9 Å². The molecule has 1 N–H and O–H groups in total. The van der Waals surface area contributed by atoms with Gasteiger partial charge in [0.05, 0.1) is 0 Å². The second-order valence-electron chi connectivity index (χ2n) is 4.40. The normalized spacial score (nSPS) is 14.9. The summed E-state index contributed by atoms with van der Waals surface area (Å²) >= 11 is 0. The molecule has 88 valence electrons. The average molecular weight is 230 g/mol. The Bertz CT molecular complexity index is 519. The third-order valence-electron chi connectivity index (χ3n) is 2.80. The molecule has 3 rings (SSSR count). The van der Waals surface area contributed by atoms with Gasteiger partial charge in [0, 0.05) is 18.3 Å². The number of anilines is 1. The zero-order valence-corrected chi connectivity index (χ0v) is 9.68. The minimum Gasteiger partial charge on any atom is -0.370 e. The summed E-state index contributed by atoms with van der Waals surface area (Å²) in [5, 5.41) is 7.10. The third kappa shape index (κ3) is 2.43. The SMILES string of the molecule is Cc1noc(-c2ccnc(NCC3CC3)c2)n1. The minimum atomic E-state index is 0.541. The van der Waals surface area contributed by atoms with Crippen molar-refractivity contribution in [3.8, 4) is 11.5 Å². The molecule has 0 bridgehead atoms. The Labute approximate surface area is 99.3 Å². The van der Waals surface area contributed by atoms with E-state index in [0.717, 1.165) is 23.8 Å². The van der Waals surface area contributed by atoms with E-state index in [1.165, 1.54) is 12.8 Å². The molecule has 17 heavy (non-hydrogen) atoms. The summed E-state index contributed by atoms with van der Waals surface area (Å²) in [6.07, 6.45) is 4.41. The van der Waals surface area contributed by atoms with E-state index in [0.29, 0.717) is 11.7 Å². The van der Waals surface area contributed by atoms with Gasteiger partial charge in [-0.3, -0.25) is 0 Å². The quantitative estimate of drug-likeness (QED) is 0.872. The number of nitrogens with one attached hydrogen (secondary N) is 1. The Morgan fingerprint density at radius 1 is 1.47 bits per heavy atom. The lowest BCUT2D eigenvalue weighted by molar-refractivity contribution is 0.425. The molecule has 1 fully saturated rings. The molecule has 0 aromatic carbocycles. The predicted octanol–water partition coefficient (Wildman–Crippen LogP) is 2.26. The molecule has 5 nitrogen and oxygen atoms in total. The first kappa shape index (κ1) is 10.3. The van der Waals surface area contributed by atoms with Crippen molar-refractivity contribution in [1.29, 1.82) is 0 Å². The van der Waals surface area contributed by atoms with Gasteiger partial charge in [-0.25, -0.2) is 4.98 Å². The van der Waals surface area contributed by atoms with Gasteiger partial charge in [-0.15, -0.1) is 0 Å². The maximum atomic E-state index is 5.13. The van der Waals surface area contributed by atoms with Gasteiger partial charge in [0.25, 0.3) is 5.89 Å². The van der Waals surface area contributed by atoms with E-state index in [1.807, 2.05) is 12.1 Å². The molecule has 1 aliphatic carbocycles. The highest BCUT2D eigenvalue weighted by Crippen LogP contribution is 2.29. The lowest BCUT2D eigenvalue weighted by atomic mass is 10.2. The van der Waals surface area contributed by atoms with Crippen molar-refractivity contribution >= 4 is 5.82 Å². The average Bonchev–Trinajstić information content (AvgIpc) is 3.08. The predicted molar refractivity (Wildman–Crippen MR) is 63.5 cm³/mol. The van der Waals surface area contributed by atoms with Crippen LogP contribution in [-0.4, -0.2) is 21.7 Å². The monoisotopic (exact) mass is 230 g/mol. The fourth-order valence-corrected chi connectivity index (χ4v) is 1.65. The summed E-state index contributed by atoms with van der Waals surface area (Å²) < 4.78 is 5.13. The lowest BCUT2D eigenvalue weighted by Gasteiger charge is -2.04. The second kappa shape index (κ2) is 4.16. The molecule has 0 unspecified atom stereocenters. The molecule has 2 aromatic heterocycles. The first-order valence-electron chi connectivity index (χ1n) is 5.82. The maximum Gasteiger partial charge on any atom is 0.258 e. The van der Waals surface area contributed by atoms with Gasteiger partial charge in [0.2, 0.25) is 0 Å². The van der Waals surface area contributed by atoms with Crippen LogP contribution in [0.1, 0.15) is 18.7 Å². The van der Waals surface area contributed by atoms with Crippen LogP contribution in [0.25, 0.3) is 11.5 Å². The topological polar surface area (TPSA) is 63.8 Å². The summed E-state index contributed by atoms with van der Waals surface area (Å²) in [5.74, 6) is 2.88. The molecule has 0 amide bonds. The summed E-state index contributed by atoms with van der Waals surface area (Å²) in [6.45, 7) is 2.81. The Morgan fingerprint density at radius 3 is 3.06 bits per heavy atom. The Hall–Kier alpha value is -1.91. The first-order chi connectivity index (χ1) is 8.31. The van der Waals surface area contributed by atoms with E-state index < -0.39 is 0 Å². The van der Waals surface area contributed by atoms with Crippen LogP contribution in [0.5, 0.6) is 0 Å². The molecule has 1 aliphatic rings. The van der Waals surface area contributed by atoms with Crippen LogP contribution < -0.4 is 5.32 Å². The van der Waals surface area contributed by atoms with Gasteiger partial charge < -0.3 is 9.84 Å². The van der Waals surface area contributed by atoms with Crippen LogP contribution >= 0.6 is 0 Å². The highest BCUT2D eigenvalue weighted by Gasteiger charge is 2.20. The van der Waals surface area contributed by atoms with Crippen LogP contribution in [0, 0.1) is 12.8 Å². The molecule has 0 atom stereocenters. The maximum absolute atomic E-state index is 5.13. The molecule has 0 spiro atoms. The van der Waals surface area contributed by atoms with E-state index in [4.69, 9.17) is 4.52 Å². The molecular weight excluding hydrogens is 216 g/mol. The van der Waals surface area contributed by atoms with Gasteiger partial charge in [-0.2, -0.15) is 4.98 Å². The standard InChI is InChI=1S/C12H14N4O/c1-8-15-12(17-16-8)10-4-5-13-11(6-10)14-7-9-2-3-9/h4-6,9H,2-3,7H2,1H3,(H,13,14). The smallest absolute Gasteiger partial charge is 0.258 e. The Morgan fingerprint density at radius 2 is 2.35 bits per heavy atom. The van der Waals surface area contributed by atoms with Gasteiger partial charge in [0.1, 0.15) is 5.82 Å².